The van der Waals surface area contributed by atoms with Gasteiger partial charge in [-0.05, 0) is 37.9 Å². The van der Waals surface area contributed by atoms with E-state index in [1.165, 1.54) is 6.42 Å². The molecule has 21 heavy (non-hydrogen) atoms. The molecule has 2 heterocycles. The first-order valence-corrected chi connectivity index (χ1v) is 7.93. The highest BCUT2D eigenvalue weighted by atomic mass is 16.1. The molecule has 1 aliphatic heterocycles. The zero-order valence-electron chi connectivity index (χ0n) is 13.1. The molecule has 0 aliphatic carbocycles. The van der Waals surface area contributed by atoms with E-state index >= 15 is 0 Å². The first-order valence-electron chi connectivity index (χ1n) is 7.93. The van der Waals surface area contributed by atoms with Gasteiger partial charge < -0.3 is 15.5 Å². The van der Waals surface area contributed by atoms with Crippen LogP contribution in [0.3, 0.4) is 0 Å². The Morgan fingerprint density at radius 2 is 2.33 bits per heavy atom. The lowest BCUT2D eigenvalue weighted by Crippen LogP contribution is -2.31. The summed E-state index contributed by atoms with van der Waals surface area (Å²) in [4.78, 5) is 18.9. The maximum absolute atomic E-state index is 12.3. The molecule has 2 rings (SSSR count). The van der Waals surface area contributed by atoms with Crippen LogP contribution < -0.4 is 10.6 Å². The Labute approximate surface area is 127 Å². The molecule has 5 nitrogen and oxygen atoms in total. The van der Waals surface area contributed by atoms with Gasteiger partial charge in [0, 0.05) is 25.8 Å². The molecule has 1 aromatic heterocycles. The predicted molar refractivity (Wildman–Crippen MR) is 85.6 cm³/mol. The second-order valence-corrected chi connectivity index (χ2v) is 5.61. The fraction of sp³-hybridized carbons (Fsp3) is 0.625. The zero-order chi connectivity index (χ0) is 15.1. The molecule has 1 fully saturated rings. The van der Waals surface area contributed by atoms with Gasteiger partial charge in [0.1, 0.15) is 0 Å². The van der Waals surface area contributed by atoms with Crippen LogP contribution in [-0.2, 0) is 0 Å². The monoisotopic (exact) mass is 290 g/mol. The minimum Gasteiger partial charge on any atom is -0.383 e. The molecule has 1 unspecified atom stereocenters. The van der Waals surface area contributed by atoms with Crippen molar-refractivity contribution in [1.82, 2.24) is 15.2 Å². The Morgan fingerprint density at radius 1 is 1.48 bits per heavy atom. The molecule has 5 heteroatoms. The molecule has 0 aromatic carbocycles. The van der Waals surface area contributed by atoms with Crippen LogP contribution in [0.5, 0.6) is 0 Å². The molecule has 1 saturated heterocycles. The van der Waals surface area contributed by atoms with Crippen molar-refractivity contribution in [2.45, 2.75) is 26.7 Å². The number of pyridine rings is 1. The fourth-order valence-electron chi connectivity index (χ4n) is 2.69. The Kier molecular flexibility index (Phi) is 5.99. The van der Waals surface area contributed by atoms with Crippen LogP contribution in [0.4, 0.5) is 5.69 Å². The molecular formula is C16H26N4O. The minimum atomic E-state index is -0.00838. The van der Waals surface area contributed by atoms with Crippen LogP contribution in [0.15, 0.2) is 18.5 Å². The van der Waals surface area contributed by atoms with E-state index in [1.807, 2.05) is 0 Å². The van der Waals surface area contributed by atoms with Gasteiger partial charge in [0.05, 0.1) is 17.4 Å². The number of nitrogens with zero attached hydrogens (tertiary/aromatic N) is 2. The summed E-state index contributed by atoms with van der Waals surface area (Å²) in [5, 5.41) is 6.33. The lowest BCUT2D eigenvalue weighted by Gasteiger charge is -2.15. The molecule has 0 saturated carbocycles. The number of carbonyl (C=O) groups excluding carboxylic acids is 1. The second-order valence-electron chi connectivity index (χ2n) is 5.61. The average molecular weight is 290 g/mol. The second kappa shape index (κ2) is 7.98. The van der Waals surface area contributed by atoms with Crippen LogP contribution in [0.2, 0.25) is 0 Å². The lowest BCUT2D eigenvalue weighted by molar-refractivity contribution is 0.0948. The zero-order valence-corrected chi connectivity index (χ0v) is 13.1. The molecule has 1 aromatic rings. The van der Waals surface area contributed by atoms with Gasteiger partial charge in [-0.25, -0.2) is 0 Å². The molecular weight excluding hydrogens is 264 g/mol. The van der Waals surface area contributed by atoms with Gasteiger partial charge in [-0.2, -0.15) is 0 Å². The van der Waals surface area contributed by atoms with Crippen molar-refractivity contribution in [3.63, 3.8) is 0 Å². The number of aromatic nitrogens is 1. The minimum absolute atomic E-state index is 0.00838. The Hall–Kier alpha value is -1.62. The topological polar surface area (TPSA) is 57.3 Å². The van der Waals surface area contributed by atoms with E-state index in [0.717, 1.165) is 44.8 Å². The molecule has 1 atom stereocenters. The molecule has 1 aliphatic rings. The average Bonchev–Trinajstić information content (AvgIpc) is 2.99. The smallest absolute Gasteiger partial charge is 0.253 e. The van der Waals surface area contributed by atoms with Crippen molar-refractivity contribution >= 4 is 11.6 Å². The van der Waals surface area contributed by atoms with Crippen molar-refractivity contribution in [2.75, 3.05) is 38.0 Å². The first-order chi connectivity index (χ1) is 10.2. The summed E-state index contributed by atoms with van der Waals surface area (Å²) in [6.07, 6.45) is 5.58. The third kappa shape index (κ3) is 4.43. The predicted octanol–water partition coefficient (Wildman–Crippen LogP) is 1.98. The summed E-state index contributed by atoms with van der Waals surface area (Å²) in [7, 11) is 0. The number of carbonyl (C=O) groups is 1. The highest BCUT2D eigenvalue weighted by Gasteiger charge is 2.22. The molecule has 0 bridgehead atoms. The van der Waals surface area contributed by atoms with Crippen LogP contribution in [0, 0.1) is 5.92 Å². The summed E-state index contributed by atoms with van der Waals surface area (Å²) in [6, 6.07) is 1.78. The number of likely N-dealkylation sites (tertiary alicyclic amines) is 1. The number of amides is 1. The summed E-state index contributed by atoms with van der Waals surface area (Å²) < 4.78 is 0. The van der Waals surface area contributed by atoms with E-state index < -0.39 is 0 Å². The van der Waals surface area contributed by atoms with Crippen LogP contribution >= 0.6 is 0 Å². The van der Waals surface area contributed by atoms with Crippen molar-refractivity contribution in [2.24, 2.45) is 5.92 Å². The van der Waals surface area contributed by atoms with Crippen LogP contribution in [0.25, 0.3) is 0 Å². The van der Waals surface area contributed by atoms with E-state index in [2.05, 4.69) is 34.4 Å². The Morgan fingerprint density at radius 3 is 3.05 bits per heavy atom. The number of rotatable bonds is 7. The van der Waals surface area contributed by atoms with E-state index in [1.54, 1.807) is 18.5 Å². The fourth-order valence-corrected chi connectivity index (χ4v) is 2.69. The SMILES string of the molecule is CCCNc1cnccc1C(=O)NCC1CCN(CC)C1. The number of nitrogens with one attached hydrogen (secondary N) is 2. The summed E-state index contributed by atoms with van der Waals surface area (Å²) in [5.41, 5.74) is 1.50. The highest BCUT2D eigenvalue weighted by molar-refractivity contribution is 5.99. The van der Waals surface area contributed by atoms with Gasteiger partial charge in [-0.3, -0.25) is 9.78 Å². The van der Waals surface area contributed by atoms with E-state index in [9.17, 15) is 4.79 Å². The Bertz CT molecular complexity index is 463. The maximum Gasteiger partial charge on any atom is 0.253 e. The first kappa shape index (κ1) is 15.8. The van der Waals surface area contributed by atoms with Crippen molar-refractivity contribution in [3.8, 4) is 0 Å². The van der Waals surface area contributed by atoms with E-state index in [4.69, 9.17) is 0 Å². The standard InChI is InChI=1S/C16H26N4O/c1-3-7-18-15-11-17-8-5-14(15)16(21)19-10-13-6-9-20(4-2)12-13/h5,8,11,13,18H,3-4,6-7,9-10,12H2,1-2H3,(H,19,21). The van der Waals surface area contributed by atoms with Crippen molar-refractivity contribution in [3.05, 3.63) is 24.0 Å². The lowest BCUT2D eigenvalue weighted by atomic mass is 10.1. The Balaban J connectivity index is 1.88. The molecule has 116 valence electrons. The molecule has 0 spiro atoms. The quantitative estimate of drug-likeness (QED) is 0.806. The van der Waals surface area contributed by atoms with E-state index in [0.29, 0.717) is 11.5 Å². The van der Waals surface area contributed by atoms with Gasteiger partial charge in [-0.15, -0.1) is 0 Å². The summed E-state index contributed by atoms with van der Waals surface area (Å²) >= 11 is 0. The molecule has 0 radical (unpaired) electrons. The van der Waals surface area contributed by atoms with E-state index in [-0.39, 0.29) is 5.91 Å². The highest BCUT2D eigenvalue weighted by Crippen LogP contribution is 2.16. The van der Waals surface area contributed by atoms with Gasteiger partial charge >= 0.3 is 0 Å². The maximum atomic E-state index is 12.3. The normalized spacial score (nSPS) is 18.7. The van der Waals surface area contributed by atoms with Crippen molar-refractivity contribution < 1.29 is 4.79 Å². The van der Waals surface area contributed by atoms with Crippen molar-refractivity contribution in [1.29, 1.82) is 0 Å². The molecule has 1 amide bonds. The summed E-state index contributed by atoms with van der Waals surface area (Å²) in [5.74, 6) is 0.564. The third-order valence-electron chi connectivity index (χ3n) is 4.00. The van der Waals surface area contributed by atoms with Gasteiger partial charge in [0.15, 0.2) is 0 Å². The summed E-state index contributed by atoms with van der Waals surface area (Å²) in [6.45, 7) is 9.22. The van der Waals surface area contributed by atoms with Crippen LogP contribution in [-0.4, -0.2) is 48.5 Å². The number of hydrogen-bond donors (Lipinski definition) is 2. The van der Waals surface area contributed by atoms with Crippen LogP contribution in [0.1, 0.15) is 37.0 Å². The number of anilines is 1. The van der Waals surface area contributed by atoms with Gasteiger partial charge in [-0.1, -0.05) is 13.8 Å². The number of hydrogen-bond acceptors (Lipinski definition) is 4. The van der Waals surface area contributed by atoms with Gasteiger partial charge in [0.2, 0.25) is 0 Å². The largest absolute Gasteiger partial charge is 0.383 e. The molecule has 2 N–H and O–H groups in total. The van der Waals surface area contributed by atoms with Gasteiger partial charge in [0.25, 0.3) is 5.91 Å². The third-order valence-corrected chi connectivity index (χ3v) is 4.00.